The minimum atomic E-state index is -0.316. The van der Waals surface area contributed by atoms with E-state index in [-0.39, 0.29) is 12.6 Å². The summed E-state index contributed by atoms with van der Waals surface area (Å²) >= 11 is 0. The zero-order valence-electron chi connectivity index (χ0n) is 11.5. The van der Waals surface area contributed by atoms with Gasteiger partial charge in [0.1, 0.15) is 0 Å². The zero-order chi connectivity index (χ0) is 13.8. The van der Waals surface area contributed by atoms with Gasteiger partial charge in [0.05, 0.1) is 12.6 Å². The predicted molar refractivity (Wildman–Crippen MR) is 80.0 cm³/mol. The van der Waals surface area contributed by atoms with E-state index in [2.05, 4.69) is 38.1 Å². The van der Waals surface area contributed by atoms with Gasteiger partial charge in [0.2, 0.25) is 0 Å². The number of benzene rings is 2. The first kappa shape index (κ1) is 13.8. The van der Waals surface area contributed by atoms with E-state index in [4.69, 9.17) is 5.73 Å². The summed E-state index contributed by atoms with van der Waals surface area (Å²) in [7, 11) is 0. The van der Waals surface area contributed by atoms with Crippen LogP contribution in [-0.4, -0.2) is 11.7 Å². The monoisotopic (exact) mass is 255 g/mol. The van der Waals surface area contributed by atoms with Crippen molar-refractivity contribution in [1.29, 1.82) is 0 Å². The van der Waals surface area contributed by atoms with E-state index in [1.54, 1.807) is 0 Å². The first-order valence-corrected chi connectivity index (χ1v) is 6.69. The number of nitrogens with two attached hydrogens (primary N) is 1. The van der Waals surface area contributed by atoms with E-state index < -0.39 is 0 Å². The molecule has 2 rings (SSSR count). The second-order valence-electron chi connectivity index (χ2n) is 5.16. The van der Waals surface area contributed by atoms with Crippen molar-refractivity contribution in [2.24, 2.45) is 5.73 Å². The first-order chi connectivity index (χ1) is 9.13. The minimum Gasteiger partial charge on any atom is -0.394 e. The Morgan fingerprint density at radius 2 is 1.74 bits per heavy atom. The summed E-state index contributed by atoms with van der Waals surface area (Å²) in [5.74, 6) is 0.453. The lowest BCUT2D eigenvalue weighted by molar-refractivity contribution is 0.268. The molecule has 0 heterocycles. The van der Waals surface area contributed by atoms with Crippen LogP contribution in [0.25, 0.3) is 11.1 Å². The average molecular weight is 255 g/mol. The fourth-order valence-corrected chi connectivity index (χ4v) is 2.28. The van der Waals surface area contributed by atoms with Crippen molar-refractivity contribution < 1.29 is 5.11 Å². The fourth-order valence-electron chi connectivity index (χ4n) is 2.28. The quantitative estimate of drug-likeness (QED) is 0.878. The third-order valence-corrected chi connectivity index (χ3v) is 3.41. The molecule has 0 spiro atoms. The lowest BCUT2D eigenvalue weighted by Crippen LogP contribution is -2.14. The summed E-state index contributed by atoms with van der Waals surface area (Å²) in [5.41, 5.74) is 10.6. The molecule has 0 radical (unpaired) electrons. The maximum absolute atomic E-state index is 9.20. The lowest BCUT2D eigenvalue weighted by Gasteiger charge is -2.17. The van der Waals surface area contributed by atoms with Crippen LogP contribution in [0.15, 0.2) is 48.5 Å². The van der Waals surface area contributed by atoms with Gasteiger partial charge in [-0.2, -0.15) is 0 Å². The van der Waals surface area contributed by atoms with Crippen molar-refractivity contribution in [3.05, 3.63) is 59.7 Å². The van der Waals surface area contributed by atoms with Gasteiger partial charge in [-0.15, -0.1) is 0 Å². The van der Waals surface area contributed by atoms with Crippen LogP contribution in [0.3, 0.4) is 0 Å². The molecule has 0 saturated heterocycles. The van der Waals surface area contributed by atoms with Gasteiger partial charge >= 0.3 is 0 Å². The molecule has 1 unspecified atom stereocenters. The summed E-state index contributed by atoms with van der Waals surface area (Å²) in [5, 5.41) is 9.20. The minimum absolute atomic E-state index is 0.0325. The third-order valence-electron chi connectivity index (χ3n) is 3.41. The van der Waals surface area contributed by atoms with E-state index in [0.717, 1.165) is 5.56 Å². The van der Waals surface area contributed by atoms with Crippen LogP contribution in [0.2, 0.25) is 0 Å². The van der Waals surface area contributed by atoms with Crippen LogP contribution < -0.4 is 5.73 Å². The molecule has 0 saturated carbocycles. The SMILES string of the molecule is CC(C)c1ccc(C(N)CO)cc1-c1ccccc1. The summed E-state index contributed by atoms with van der Waals surface area (Å²) in [6.45, 7) is 4.34. The lowest BCUT2D eigenvalue weighted by atomic mass is 9.90. The molecule has 2 heteroatoms. The molecule has 0 aliphatic heterocycles. The number of aliphatic hydroxyl groups is 1. The predicted octanol–water partition coefficient (Wildman–Crippen LogP) is 3.47. The molecule has 3 N–H and O–H groups in total. The molecule has 2 aromatic rings. The van der Waals surface area contributed by atoms with Crippen molar-refractivity contribution in [3.8, 4) is 11.1 Å². The number of rotatable bonds is 4. The van der Waals surface area contributed by atoms with Gasteiger partial charge < -0.3 is 10.8 Å². The Kier molecular flexibility index (Phi) is 4.35. The Labute approximate surface area is 114 Å². The van der Waals surface area contributed by atoms with Gasteiger partial charge in [0.25, 0.3) is 0 Å². The Morgan fingerprint density at radius 1 is 1.05 bits per heavy atom. The van der Waals surface area contributed by atoms with Crippen molar-refractivity contribution in [2.45, 2.75) is 25.8 Å². The van der Waals surface area contributed by atoms with Crippen LogP contribution in [0.4, 0.5) is 0 Å². The van der Waals surface area contributed by atoms with Gasteiger partial charge in [-0.1, -0.05) is 56.3 Å². The molecule has 2 nitrogen and oxygen atoms in total. The van der Waals surface area contributed by atoms with Gasteiger partial charge in [-0.3, -0.25) is 0 Å². The molecule has 0 aromatic heterocycles. The fraction of sp³-hybridized carbons (Fsp3) is 0.294. The van der Waals surface area contributed by atoms with E-state index in [1.165, 1.54) is 16.7 Å². The van der Waals surface area contributed by atoms with Crippen LogP contribution in [0, 0.1) is 0 Å². The Morgan fingerprint density at radius 3 is 2.32 bits per heavy atom. The van der Waals surface area contributed by atoms with Crippen molar-refractivity contribution >= 4 is 0 Å². The van der Waals surface area contributed by atoms with Gasteiger partial charge in [-0.05, 0) is 34.2 Å². The van der Waals surface area contributed by atoms with Gasteiger partial charge in [0, 0.05) is 0 Å². The highest BCUT2D eigenvalue weighted by Crippen LogP contribution is 2.31. The molecular weight excluding hydrogens is 234 g/mol. The highest BCUT2D eigenvalue weighted by Gasteiger charge is 2.12. The summed E-state index contributed by atoms with van der Waals surface area (Å²) in [6.07, 6.45) is 0. The van der Waals surface area contributed by atoms with Crippen molar-refractivity contribution in [1.82, 2.24) is 0 Å². The van der Waals surface area contributed by atoms with Crippen molar-refractivity contribution in [3.63, 3.8) is 0 Å². The largest absolute Gasteiger partial charge is 0.394 e. The summed E-state index contributed by atoms with van der Waals surface area (Å²) in [4.78, 5) is 0. The molecule has 2 aromatic carbocycles. The average Bonchev–Trinajstić information content (AvgIpc) is 2.46. The number of hydrogen-bond acceptors (Lipinski definition) is 2. The van der Waals surface area contributed by atoms with E-state index >= 15 is 0 Å². The normalized spacial score (nSPS) is 12.7. The number of aliphatic hydroxyl groups excluding tert-OH is 1. The summed E-state index contributed by atoms with van der Waals surface area (Å²) in [6, 6.07) is 16.2. The Bertz CT molecular complexity index is 534. The Hall–Kier alpha value is -1.64. The van der Waals surface area contributed by atoms with Gasteiger partial charge in [0.15, 0.2) is 0 Å². The second kappa shape index (κ2) is 6.00. The molecule has 0 aliphatic carbocycles. The standard InChI is InChI=1S/C17H21NO/c1-12(2)15-9-8-14(17(18)11-19)10-16(15)13-6-4-3-5-7-13/h3-10,12,17,19H,11,18H2,1-2H3. The van der Waals surface area contributed by atoms with Crippen LogP contribution in [0.1, 0.15) is 36.9 Å². The Balaban J connectivity index is 2.54. The number of hydrogen-bond donors (Lipinski definition) is 2. The first-order valence-electron chi connectivity index (χ1n) is 6.69. The molecular formula is C17H21NO. The molecule has 100 valence electrons. The molecule has 0 fully saturated rings. The highest BCUT2D eigenvalue weighted by atomic mass is 16.3. The second-order valence-corrected chi connectivity index (χ2v) is 5.16. The summed E-state index contributed by atoms with van der Waals surface area (Å²) < 4.78 is 0. The molecule has 19 heavy (non-hydrogen) atoms. The smallest absolute Gasteiger partial charge is 0.0624 e. The maximum Gasteiger partial charge on any atom is 0.0624 e. The van der Waals surface area contributed by atoms with Crippen LogP contribution in [-0.2, 0) is 0 Å². The molecule has 0 amide bonds. The maximum atomic E-state index is 9.20. The molecule has 1 atom stereocenters. The van der Waals surface area contributed by atoms with Crippen LogP contribution in [0.5, 0.6) is 0 Å². The molecule has 0 bridgehead atoms. The van der Waals surface area contributed by atoms with Gasteiger partial charge in [-0.25, -0.2) is 0 Å². The third kappa shape index (κ3) is 3.03. The van der Waals surface area contributed by atoms with Crippen molar-refractivity contribution in [2.75, 3.05) is 6.61 Å². The molecule has 0 aliphatic rings. The zero-order valence-corrected chi connectivity index (χ0v) is 11.5. The van der Waals surface area contributed by atoms with E-state index in [9.17, 15) is 5.11 Å². The highest BCUT2D eigenvalue weighted by molar-refractivity contribution is 5.69. The van der Waals surface area contributed by atoms with E-state index in [1.807, 2.05) is 24.3 Å². The van der Waals surface area contributed by atoms with Crippen LogP contribution >= 0.6 is 0 Å². The van der Waals surface area contributed by atoms with E-state index in [0.29, 0.717) is 5.92 Å². The topological polar surface area (TPSA) is 46.2 Å².